The molecule has 0 unspecified atom stereocenters. The van der Waals surface area contributed by atoms with Gasteiger partial charge in [-0.25, -0.2) is 12.7 Å². The molecule has 102 valence electrons. The van der Waals surface area contributed by atoms with Crippen LogP contribution in [-0.4, -0.2) is 37.0 Å². The number of aromatic nitrogens is 2. The maximum absolute atomic E-state index is 11.9. The second kappa shape index (κ2) is 5.41. The molecule has 0 radical (unpaired) electrons. The van der Waals surface area contributed by atoms with Crippen molar-refractivity contribution in [1.82, 2.24) is 14.5 Å². The number of nitrogens with zero attached hydrogens (tertiary/aromatic N) is 2. The lowest BCUT2D eigenvalue weighted by molar-refractivity contribution is 0.521. The number of H-pyrrole nitrogens is 1. The maximum Gasteiger partial charge on any atom is 0.242 e. The third kappa shape index (κ3) is 3.12. The summed E-state index contributed by atoms with van der Waals surface area (Å²) in [5, 5.41) is 9.87. The average Bonchev–Trinajstić information content (AvgIpc) is 2.90. The van der Waals surface area contributed by atoms with Gasteiger partial charge in [0.05, 0.1) is 17.1 Å². The molecule has 1 aromatic carbocycles. The van der Waals surface area contributed by atoms with Gasteiger partial charge in [-0.15, -0.1) is 0 Å². The number of aromatic amines is 1. The third-order valence-electron chi connectivity index (χ3n) is 2.67. The van der Waals surface area contributed by atoms with Crippen molar-refractivity contribution in [3.63, 3.8) is 0 Å². The Kier molecular flexibility index (Phi) is 3.87. The summed E-state index contributed by atoms with van der Waals surface area (Å²) in [5.74, 6) is 0. The second-order valence-corrected chi connectivity index (χ2v) is 6.40. The molecule has 2 rings (SSSR count). The monoisotopic (exact) mass is 280 g/mol. The van der Waals surface area contributed by atoms with Gasteiger partial charge in [0.15, 0.2) is 0 Å². The molecule has 6 nitrogen and oxygen atoms in total. The summed E-state index contributed by atoms with van der Waals surface area (Å²) in [4.78, 5) is 0.282. The maximum atomic E-state index is 11.9. The minimum Gasteiger partial charge on any atom is -0.379 e. The van der Waals surface area contributed by atoms with Crippen molar-refractivity contribution in [3.8, 4) is 0 Å². The predicted octanol–water partition coefficient (Wildman–Crippen LogP) is 1.27. The molecule has 0 atom stereocenters. The molecule has 1 heterocycles. The van der Waals surface area contributed by atoms with Crippen LogP contribution in [0.15, 0.2) is 41.4 Å². The van der Waals surface area contributed by atoms with Crippen molar-refractivity contribution in [2.45, 2.75) is 11.4 Å². The molecule has 2 N–H and O–H groups in total. The molecule has 7 heteroatoms. The lowest BCUT2D eigenvalue weighted by Crippen LogP contribution is -2.22. The molecule has 0 bridgehead atoms. The van der Waals surface area contributed by atoms with Crippen molar-refractivity contribution < 1.29 is 8.42 Å². The van der Waals surface area contributed by atoms with E-state index in [2.05, 4.69) is 15.5 Å². The van der Waals surface area contributed by atoms with Gasteiger partial charge in [0.25, 0.3) is 0 Å². The van der Waals surface area contributed by atoms with Gasteiger partial charge < -0.3 is 5.32 Å². The zero-order valence-corrected chi connectivity index (χ0v) is 11.6. The molecular formula is C12H16N4O2S. The lowest BCUT2D eigenvalue weighted by Gasteiger charge is -2.12. The normalized spacial score (nSPS) is 11.7. The Bertz CT molecular complexity index is 618. The minimum absolute atomic E-state index is 0.282. The summed E-state index contributed by atoms with van der Waals surface area (Å²) in [5.41, 5.74) is 1.82. The summed E-state index contributed by atoms with van der Waals surface area (Å²) < 4.78 is 25.0. The Labute approximate surface area is 112 Å². The molecule has 0 saturated carbocycles. The van der Waals surface area contributed by atoms with Crippen LogP contribution in [0.1, 0.15) is 5.69 Å². The van der Waals surface area contributed by atoms with Gasteiger partial charge in [0, 0.05) is 26.0 Å². The Morgan fingerprint density at radius 2 is 1.89 bits per heavy atom. The molecule has 0 aliphatic rings. The van der Waals surface area contributed by atoms with Crippen LogP contribution in [0.4, 0.5) is 5.69 Å². The van der Waals surface area contributed by atoms with Crippen molar-refractivity contribution in [1.29, 1.82) is 0 Å². The molecule has 0 amide bonds. The first-order chi connectivity index (χ1) is 9.00. The van der Waals surface area contributed by atoms with Crippen LogP contribution in [0.25, 0.3) is 0 Å². The van der Waals surface area contributed by atoms with E-state index in [9.17, 15) is 8.42 Å². The number of nitrogens with one attached hydrogen (secondary N) is 2. The lowest BCUT2D eigenvalue weighted by atomic mass is 10.3. The van der Waals surface area contributed by atoms with Gasteiger partial charge >= 0.3 is 0 Å². The van der Waals surface area contributed by atoms with Crippen molar-refractivity contribution >= 4 is 15.7 Å². The fourth-order valence-electron chi connectivity index (χ4n) is 1.54. The van der Waals surface area contributed by atoms with Crippen LogP contribution < -0.4 is 5.32 Å². The van der Waals surface area contributed by atoms with Crippen molar-refractivity contribution in [2.75, 3.05) is 19.4 Å². The van der Waals surface area contributed by atoms with E-state index < -0.39 is 10.0 Å². The smallest absolute Gasteiger partial charge is 0.242 e. The van der Waals surface area contributed by atoms with Crippen LogP contribution in [-0.2, 0) is 16.6 Å². The third-order valence-corrected chi connectivity index (χ3v) is 4.50. The van der Waals surface area contributed by atoms with Crippen LogP contribution in [0, 0.1) is 0 Å². The summed E-state index contributed by atoms with van der Waals surface area (Å²) in [6, 6.07) is 8.53. The Hall–Kier alpha value is -1.86. The van der Waals surface area contributed by atoms with Gasteiger partial charge in [-0.3, -0.25) is 5.10 Å². The van der Waals surface area contributed by atoms with Crippen LogP contribution in [0.5, 0.6) is 0 Å². The molecule has 2 aromatic rings. The molecule has 0 aliphatic heterocycles. The van der Waals surface area contributed by atoms with Crippen LogP contribution >= 0.6 is 0 Å². The minimum atomic E-state index is -3.36. The van der Waals surface area contributed by atoms with Crippen LogP contribution in [0.3, 0.4) is 0 Å². The Balaban J connectivity index is 2.07. The topological polar surface area (TPSA) is 78.1 Å². The first-order valence-electron chi connectivity index (χ1n) is 5.75. The fraction of sp³-hybridized carbons (Fsp3) is 0.250. The van der Waals surface area contributed by atoms with Gasteiger partial charge in [-0.1, -0.05) is 0 Å². The quantitative estimate of drug-likeness (QED) is 0.864. The van der Waals surface area contributed by atoms with E-state index in [0.29, 0.717) is 6.54 Å². The molecule has 0 aliphatic carbocycles. The Morgan fingerprint density at radius 1 is 1.21 bits per heavy atom. The standard InChI is InChI=1S/C12H16N4O2S/c1-16(2)19(17,18)12-5-3-10(4-6-12)13-9-11-7-8-14-15-11/h3-8,13H,9H2,1-2H3,(H,14,15). The molecule has 19 heavy (non-hydrogen) atoms. The fourth-order valence-corrected chi connectivity index (χ4v) is 2.44. The number of anilines is 1. The van der Waals surface area contributed by atoms with E-state index in [0.717, 1.165) is 11.4 Å². The molecule has 0 saturated heterocycles. The summed E-state index contributed by atoms with van der Waals surface area (Å²) in [7, 11) is -0.335. The molecular weight excluding hydrogens is 264 g/mol. The second-order valence-electron chi connectivity index (χ2n) is 4.25. The number of hydrogen-bond donors (Lipinski definition) is 2. The van der Waals surface area contributed by atoms with Gasteiger partial charge in [-0.05, 0) is 30.3 Å². The van der Waals surface area contributed by atoms with E-state index in [1.54, 1.807) is 30.5 Å². The largest absolute Gasteiger partial charge is 0.379 e. The van der Waals surface area contributed by atoms with Gasteiger partial charge in [0.2, 0.25) is 10.0 Å². The van der Waals surface area contributed by atoms with E-state index in [4.69, 9.17) is 0 Å². The van der Waals surface area contributed by atoms with E-state index >= 15 is 0 Å². The highest BCUT2D eigenvalue weighted by Gasteiger charge is 2.16. The van der Waals surface area contributed by atoms with Crippen molar-refractivity contribution in [2.24, 2.45) is 0 Å². The average molecular weight is 280 g/mol. The highest BCUT2D eigenvalue weighted by molar-refractivity contribution is 7.89. The summed E-state index contributed by atoms with van der Waals surface area (Å²) in [6.45, 7) is 0.611. The van der Waals surface area contributed by atoms with E-state index in [1.807, 2.05) is 6.07 Å². The predicted molar refractivity (Wildman–Crippen MR) is 73.2 cm³/mol. The van der Waals surface area contributed by atoms with Crippen molar-refractivity contribution in [3.05, 3.63) is 42.2 Å². The first kappa shape index (κ1) is 13.6. The number of hydrogen-bond acceptors (Lipinski definition) is 4. The van der Waals surface area contributed by atoms with Crippen LogP contribution in [0.2, 0.25) is 0 Å². The molecule has 0 spiro atoms. The van der Waals surface area contributed by atoms with E-state index in [-0.39, 0.29) is 4.90 Å². The summed E-state index contributed by atoms with van der Waals surface area (Å²) >= 11 is 0. The highest BCUT2D eigenvalue weighted by atomic mass is 32.2. The SMILES string of the molecule is CN(C)S(=O)(=O)c1ccc(NCc2ccn[nH]2)cc1. The Morgan fingerprint density at radius 3 is 2.42 bits per heavy atom. The molecule has 0 fully saturated rings. The highest BCUT2D eigenvalue weighted by Crippen LogP contribution is 2.16. The summed E-state index contributed by atoms with van der Waals surface area (Å²) in [6.07, 6.45) is 1.68. The van der Waals surface area contributed by atoms with Gasteiger partial charge in [0.1, 0.15) is 0 Å². The first-order valence-corrected chi connectivity index (χ1v) is 7.19. The van der Waals surface area contributed by atoms with Gasteiger partial charge in [-0.2, -0.15) is 5.10 Å². The number of benzene rings is 1. The zero-order valence-electron chi connectivity index (χ0n) is 10.8. The van der Waals surface area contributed by atoms with E-state index in [1.165, 1.54) is 18.4 Å². The number of sulfonamides is 1. The molecule has 1 aromatic heterocycles. The zero-order chi connectivity index (χ0) is 13.9. The number of rotatable bonds is 5.